The lowest BCUT2D eigenvalue weighted by molar-refractivity contribution is -0.124. The van der Waals surface area contributed by atoms with Crippen LogP contribution in [0.4, 0.5) is 0 Å². The van der Waals surface area contributed by atoms with E-state index < -0.39 is 5.63 Å². The van der Waals surface area contributed by atoms with Gasteiger partial charge in [0.1, 0.15) is 11.3 Å². The summed E-state index contributed by atoms with van der Waals surface area (Å²) in [5.41, 5.74) is 0.0270. The molecular formula is C16H19NO4. The van der Waals surface area contributed by atoms with Crippen LogP contribution in [0.3, 0.4) is 0 Å². The first-order valence-electron chi connectivity index (χ1n) is 6.92. The van der Waals surface area contributed by atoms with Gasteiger partial charge in [0.25, 0.3) is 5.91 Å². The number of benzene rings is 1. The van der Waals surface area contributed by atoms with Gasteiger partial charge in [-0.3, -0.25) is 4.79 Å². The molecule has 0 saturated heterocycles. The number of hydrogen-bond acceptors (Lipinski definition) is 4. The Morgan fingerprint density at radius 3 is 2.67 bits per heavy atom. The molecular weight excluding hydrogens is 270 g/mol. The molecule has 1 amide bonds. The fraction of sp³-hybridized carbons (Fsp3) is 0.375. The van der Waals surface area contributed by atoms with Crippen molar-refractivity contribution in [1.29, 1.82) is 0 Å². The van der Waals surface area contributed by atoms with Crippen molar-refractivity contribution in [3.63, 3.8) is 0 Å². The second-order valence-corrected chi connectivity index (χ2v) is 5.34. The van der Waals surface area contributed by atoms with Gasteiger partial charge in [0.15, 0.2) is 6.61 Å². The summed E-state index contributed by atoms with van der Waals surface area (Å²) in [6.45, 7) is 5.96. The number of carbonyl (C=O) groups excluding carboxylic acids is 1. The molecule has 112 valence electrons. The molecule has 0 saturated carbocycles. The Balaban J connectivity index is 2.00. The van der Waals surface area contributed by atoms with Gasteiger partial charge in [-0.25, -0.2) is 4.79 Å². The molecule has 1 aromatic carbocycles. The van der Waals surface area contributed by atoms with Gasteiger partial charge >= 0.3 is 5.63 Å². The van der Waals surface area contributed by atoms with Crippen LogP contribution in [0.2, 0.25) is 0 Å². The Morgan fingerprint density at radius 2 is 1.95 bits per heavy atom. The van der Waals surface area contributed by atoms with Crippen molar-refractivity contribution in [3.8, 4) is 5.75 Å². The standard InChI is InChI=1S/C16H19NO4/c1-10(2)11(3)17-15(18)9-20-13-6-4-12-5-7-16(19)21-14(12)8-13/h4-8,10-11H,9H2,1-3H3,(H,17,18)/t11-/m0/s1. The summed E-state index contributed by atoms with van der Waals surface area (Å²) in [5.74, 6) is 0.680. The zero-order valence-corrected chi connectivity index (χ0v) is 12.4. The molecule has 2 rings (SSSR count). The number of ether oxygens (including phenoxy) is 1. The van der Waals surface area contributed by atoms with E-state index in [1.54, 1.807) is 24.3 Å². The second kappa shape index (κ2) is 6.43. The normalized spacial score (nSPS) is 12.4. The van der Waals surface area contributed by atoms with Crippen LogP contribution < -0.4 is 15.7 Å². The SMILES string of the molecule is CC(C)[C@H](C)NC(=O)COc1ccc2ccc(=O)oc2c1. The van der Waals surface area contributed by atoms with Crippen LogP contribution in [0.1, 0.15) is 20.8 Å². The highest BCUT2D eigenvalue weighted by Gasteiger charge is 2.11. The molecule has 0 unspecified atom stereocenters. The molecule has 1 heterocycles. The second-order valence-electron chi connectivity index (χ2n) is 5.34. The Morgan fingerprint density at radius 1 is 1.24 bits per heavy atom. The maximum absolute atomic E-state index is 11.7. The molecule has 2 aromatic rings. The fourth-order valence-corrected chi connectivity index (χ4v) is 1.74. The van der Waals surface area contributed by atoms with Gasteiger partial charge in [0.05, 0.1) is 0 Å². The first kappa shape index (κ1) is 15.1. The number of rotatable bonds is 5. The van der Waals surface area contributed by atoms with Crippen molar-refractivity contribution in [1.82, 2.24) is 5.32 Å². The highest BCUT2D eigenvalue weighted by Crippen LogP contribution is 2.19. The zero-order valence-electron chi connectivity index (χ0n) is 12.4. The number of carbonyl (C=O) groups is 1. The van der Waals surface area contributed by atoms with E-state index in [0.29, 0.717) is 17.3 Å². The number of hydrogen-bond donors (Lipinski definition) is 1. The average Bonchev–Trinajstić information content (AvgIpc) is 2.44. The minimum Gasteiger partial charge on any atom is -0.484 e. The number of amides is 1. The van der Waals surface area contributed by atoms with Gasteiger partial charge in [-0.15, -0.1) is 0 Å². The van der Waals surface area contributed by atoms with E-state index in [4.69, 9.17) is 9.15 Å². The molecule has 1 atom stereocenters. The monoisotopic (exact) mass is 289 g/mol. The summed E-state index contributed by atoms with van der Waals surface area (Å²) < 4.78 is 10.5. The molecule has 0 aliphatic heterocycles. The summed E-state index contributed by atoms with van der Waals surface area (Å²) in [7, 11) is 0. The third kappa shape index (κ3) is 4.08. The Bertz CT molecular complexity index is 690. The number of nitrogens with one attached hydrogen (secondary N) is 1. The summed E-state index contributed by atoms with van der Waals surface area (Å²) in [6.07, 6.45) is 0. The van der Waals surface area contributed by atoms with Crippen molar-refractivity contribution in [2.75, 3.05) is 6.61 Å². The Labute approximate surface area is 122 Å². The lowest BCUT2D eigenvalue weighted by Crippen LogP contribution is -2.38. The highest BCUT2D eigenvalue weighted by atomic mass is 16.5. The molecule has 0 spiro atoms. The van der Waals surface area contributed by atoms with E-state index in [1.165, 1.54) is 6.07 Å². The summed E-state index contributed by atoms with van der Waals surface area (Å²) >= 11 is 0. The predicted molar refractivity (Wildman–Crippen MR) is 80.4 cm³/mol. The minimum atomic E-state index is -0.414. The van der Waals surface area contributed by atoms with Gasteiger partial charge in [-0.2, -0.15) is 0 Å². The van der Waals surface area contributed by atoms with Crippen molar-refractivity contribution in [2.45, 2.75) is 26.8 Å². The van der Waals surface area contributed by atoms with E-state index in [2.05, 4.69) is 5.32 Å². The Kier molecular flexibility index (Phi) is 4.62. The molecule has 0 aliphatic rings. The fourth-order valence-electron chi connectivity index (χ4n) is 1.74. The zero-order chi connectivity index (χ0) is 15.4. The van der Waals surface area contributed by atoms with Crippen molar-refractivity contribution in [2.24, 2.45) is 5.92 Å². The van der Waals surface area contributed by atoms with Crippen LogP contribution in [-0.4, -0.2) is 18.6 Å². The van der Waals surface area contributed by atoms with Crippen LogP contribution >= 0.6 is 0 Å². The third-order valence-corrected chi connectivity index (χ3v) is 3.35. The van der Waals surface area contributed by atoms with E-state index >= 15 is 0 Å². The quantitative estimate of drug-likeness (QED) is 0.858. The van der Waals surface area contributed by atoms with Gasteiger partial charge < -0.3 is 14.5 Å². The van der Waals surface area contributed by atoms with Crippen LogP contribution in [0, 0.1) is 5.92 Å². The minimum absolute atomic E-state index is 0.0698. The van der Waals surface area contributed by atoms with Gasteiger partial charge in [-0.05, 0) is 31.0 Å². The molecule has 5 heteroatoms. The van der Waals surface area contributed by atoms with Crippen LogP contribution in [0.15, 0.2) is 39.5 Å². The molecule has 0 radical (unpaired) electrons. The lowest BCUT2D eigenvalue weighted by atomic mass is 10.1. The van der Waals surface area contributed by atoms with Gasteiger partial charge in [0, 0.05) is 23.6 Å². The van der Waals surface area contributed by atoms with Crippen molar-refractivity contribution >= 4 is 16.9 Å². The average molecular weight is 289 g/mol. The van der Waals surface area contributed by atoms with E-state index in [1.807, 2.05) is 20.8 Å². The maximum atomic E-state index is 11.7. The first-order valence-corrected chi connectivity index (χ1v) is 6.92. The largest absolute Gasteiger partial charge is 0.484 e. The third-order valence-electron chi connectivity index (χ3n) is 3.35. The predicted octanol–water partition coefficient (Wildman–Crippen LogP) is 2.33. The van der Waals surface area contributed by atoms with E-state index in [-0.39, 0.29) is 18.6 Å². The molecule has 5 nitrogen and oxygen atoms in total. The smallest absolute Gasteiger partial charge is 0.336 e. The molecule has 0 bridgehead atoms. The van der Waals surface area contributed by atoms with Gasteiger partial charge in [-0.1, -0.05) is 13.8 Å². The topological polar surface area (TPSA) is 68.5 Å². The molecule has 1 aromatic heterocycles. The van der Waals surface area contributed by atoms with Crippen LogP contribution in [-0.2, 0) is 4.79 Å². The Hall–Kier alpha value is -2.30. The molecule has 0 aliphatic carbocycles. The van der Waals surface area contributed by atoms with Crippen LogP contribution in [0.5, 0.6) is 5.75 Å². The molecule has 21 heavy (non-hydrogen) atoms. The summed E-state index contributed by atoms with van der Waals surface area (Å²) in [5, 5.41) is 3.66. The molecule has 1 N–H and O–H groups in total. The molecule has 0 fully saturated rings. The van der Waals surface area contributed by atoms with Crippen LogP contribution in [0.25, 0.3) is 11.0 Å². The van der Waals surface area contributed by atoms with Crippen molar-refractivity contribution in [3.05, 3.63) is 40.8 Å². The van der Waals surface area contributed by atoms with Crippen molar-refractivity contribution < 1.29 is 13.9 Å². The number of fused-ring (bicyclic) bond motifs is 1. The summed E-state index contributed by atoms with van der Waals surface area (Å²) in [4.78, 5) is 22.9. The van der Waals surface area contributed by atoms with E-state index in [9.17, 15) is 9.59 Å². The van der Waals surface area contributed by atoms with E-state index in [0.717, 1.165) is 5.39 Å². The highest BCUT2D eigenvalue weighted by molar-refractivity contribution is 5.79. The first-order chi connectivity index (χ1) is 9.95. The lowest BCUT2D eigenvalue weighted by Gasteiger charge is -2.17. The van der Waals surface area contributed by atoms with Gasteiger partial charge in [0.2, 0.25) is 0 Å². The summed E-state index contributed by atoms with van der Waals surface area (Å²) in [6, 6.07) is 8.27. The maximum Gasteiger partial charge on any atom is 0.336 e.